The Morgan fingerprint density at radius 2 is 0.0556 bits per heavy atom. The highest BCUT2D eigenvalue weighted by atomic mass is 35.6. The first-order valence-electron chi connectivity index (χ1n) is 22.7. The van der Waals surface area contributed by atoms with Crippen LogP contribution in [0.25, 0.3) is 0 Å². The fraction of sp³-hybridized carbons (Fsp3) is 1.00. The van der Waals surface area contributed by atoms with E-state index in [1.165, 1.54) is 0 Å². The average molecular weight is 3490 g/mol. The molecule has 0 bridgehead atoms. The molecule has 0 rings (SSSR count). The van der Waals surface area contributed by atoms with Gasteiger partial charge in [0.05, 0.1) is 214 Å². The lowest BCUT2D eigenvalue weighted by atomic mass is 11.8. The maximum Gasteiger partial charge on any atom is 0.0967 e. The van der Waals surface area contributed by atoms with Gasteiger partial charge < -0.3 is 15.3 Å². The molecule has 126 heavy (non-hydrogen) atoms. The Morgan fingerprint density at radius 1 is 0.0556 bits per heavy atom. The van der Waals surface area contributed by atoms with Crippen LogP contribution in [-0.4, -0.2) is 250 Å². The molecule has 0 saturated heterocycles. The normalized spacial score (nSPS) is 5.86. The van der Waals surface area contributed by atoms with Gasteiger partial charge in [-0.25, -0.2) is 0 Å². The van der Waals surface area contributed by atoms with Crippen molar-refractivity contribution in [3.8, 4) is 0 Å². The number of alkyl halides is 80. The van der Waals surface area contributed by atoms with Gasteiger partial charge in [-0.15, -0.1) is 928 Å². The van der Waals surface area contributed by atoms with Crippen LogP contribution in [0.2, 0.25) is 0 Å². The molecule has 0 aromatic rings. The van der Waals surface area contributed by atoms with Crippen molar-refractivity contribution in [1.82, 2.24) is 0 Å². The van der Waals surface area contributed by atoms with E-state index in [0.717, 1.165) is 21.3 Å². The van der Waals surface area contributed by atoms with Crippen molar-refractivity contribution in [1.29, 1.82) is 0 Å². The topological polar surface area (TPSA) is 60.7 Å². The summed E-state index contributed by atoms with van der Waals surface area (Å²) < 4.78 is 0. The van der Waals surface area contributed by atoms with Crippen molar-refractivity contribution >= 4 is 928 Å². The van der Waals surface area contributed by atoms with E-state index < -0.39 is 0 Å². The predicted molar refractivity (Wildman–Crippen MR) is 687 cm³/mol. The highest BCUT2D eigenvalue weighted by molar-refractivity contribution is 6.51. The average Bonchev–Trinajstić information content (AvgIpc) is 3.68. The largest absolute Gasteiger partial charge is 0.400 e. The standard InChI is InChI=1S/40CH2Cl2.3CH4O/c40*2-1-3;3*1-2/h40*1H2;3*2H,1H3. The van der Waals surface area contributed by atoms with Crippen molar-refractivity contribution in [2.24, 2.45) is 0 Å². The monoisotopic (exact) mass is 3450 g/mol. The minimum absolute atomic E-state index is 0.194. The van der Waals surface area contributed by atoms with Crippen molar-refractivity contribution in [2.75, 3.05) is 235 Å². The molecule has 0 aromatic carbocycles. The zero-order valence-corrected chi connectivity index (χ0v) is 123. The summed E-state index contributed by atoms with van der Waals surface area (Å²) in [6, 6.07) is 0. The highest BCUT2D eigenvalue weighted by Crippen LogP contribution is 1.84. The highest BCUT2D eigenvalue weighted by Gasteiger charge is 1.53. The predicted octanol–water partition coefficient (Wildman–Crippen LogP) is 55.7. The summed E-state index contributed by atoms with van der Waals surface area (Å²) in [4.78, 5) is 0. The molecule has 0 heterocycles. The van der Waals surface area contributed by atoms with Crippen molar-refractivity contribution in [3.63, 3.8) is 0 Å². The first-order valence-corrected chi connectivity index (χ1v) is 65.5. The molecule has 3 nitrogen and oxygen atoms in total. The van der Waals surface area contributed by atoms with E-state index in [0.29, 0.717) is 0 Å². The molecule has 0 spiro atoms. The summed E-state index contributed by atoms with van der Waals surface area (Å²) in [6.45, 7) is 0. The van der Waals surface area contributed by atoms with Gasteiger partial charge in [0.15, 0.2) is 0 Å². The van der Waals surface area contributed by atoms with Gasteiger partial charge in [-0.3, -0.25) is 0 Å². The lowest BCUT2D eigenvalue weighted by Crippen LogP contribution is -1.25. The Balaban J connectivity index is -0.0000000137. The number of hydrogen-bond donors (Lipinski definition) is 3. The smallest absolute Gasteiger partial charge is 0.0967 e. The maximum absolute atomic E-state index is 7.00. The summed E-state index contributed by atoms with van der Waals surface area (Å²) in [5.41, 5.74) is 0. The van der Waals surface area contributed by atoms with Gasteiger partial charge >= 0.3 is 0 Å². The quantitative estimate of drug-likeness (QED) is 0.212. The van der Waals surface area contributed by atoms with Crippen LogP contribution in [0.3, 0.4) is 0 Å². The fourth-order valence-electron chi connectivity index (χ4n) is 0. The van der Waals surface area contributed by atoms with Crippen LogP contribution in [0.15, 0.2) is 0 Å². The molecule has 0 unspecified atom stereocenters. The molecule has 83 heteroatoms. The van der Waals surface area contributed by atoms with E-state index in [2.05, 4.69) is 0 Å². The van der Waals surface area contributed by atoms with Gasteiger partial charge in [0, 0.05) is 21.3 Å². The van der Waals surface area contributed by atoms with E-state index >= 15 is 0 Å². The summed E-state index contributed by atoms with van der Waals surface area (Å²) in [5, 5.41) is 28.8. The second-order valence-corrected chi connectivity index (χ2v) is 36.4. The van der Waals surface area contributed by atoms with E-state index in [4.69, 9.17) is 943 Å². The van der Waals surface area contributed by atoms with Crippen LogP contribution in [0.1, 0.15) is 0 Å². The van der Waals surface area contributed by atoms with Gasteiger partial charge in [-0.1, -0.05) is 0 Å². The lowest BCUT2D eigenvalue weighted by Gasteiger charge is -1.42. The molecule has 3 N–H and O–H groups in total. The van der Waals surface area contributed by atoms with Crippen molar-refractivity contribution < 1.29 is 15.3 Å². The Hall–Kier alpha value is 23.1. The summed E-state index contributed by atoms with van der Waals surface area (Å²) >= 11 is 381. The van der Waals surface area contributed by atoms with Gasteiger partial charge in [-0.2, -0.15) is 0 Å². The number of aliphatic hydroxyl groups is 3. The van der Waals surface area contributed by atoms with Crippen LogP contribution in [-0.2, 0) is 0 Å². The first-order chi connectivity index (χ1) is 59.6. The second kappa shape index (κ2) is 805. The molecule has 0 radical (unpaired) electrons. The molecule has 0 aliphatic heterocycles. The Kier molecular flexibility index (Phi) is 1860. The van der Waals surface area contributed by atoms with Gasteiger partial charge in [-0.05, 0) is 0 Å². The molecule has 0 aliphatic rings. The summed E-state index contributed by atoms with van der Waals surface area (Å²) in [7, 11) is 3.00. The maximum atomic E-state index is 7.00. The third-order valence-corrected chi connectivity index (χ3v) is 0. The second-order valence-electron chi connectivity index (χ2n) is 4.04. The van der Waals surface area contributed by atoms with Crippen LogP contribution in [0.4, 0.5) is 0 Å². The molecule has 0 saturated carbocycles. The van der Waals surface area contributed by atoms with Gasteiger partial charge in [0.25, 0.3) is 0 Å². The molecular weight excluding hydrogens is 3400 g/mol. The van der Waals surface area contributed by atoms with E-state index in [-0.39, 0.29) is 214 Å². The number of aliphatic hydroxyl groups excluding tert-OH is 3. The zero-order chi connectivity index (χ0) is 114. The number of halogens is 80. The first kappa shape index (κ1) is 290. The third-order valence-electron chi connectivity index (χ3n) is 0. The minimum Gasteiger partial charge on any atom is -0.400 e. The summed E-state index contributed by atoms with van der Waals surface area (Å²) in [5.74, 6) is 0. The van der Waals surface area contributed by atoms with Crippen LogP contribution in [0.5, 0.6) is 0 Å². The molecule has 0 aliphatic carbocycles. The van der Waals surface area contributed by atoms with E-state index in [9.17, 15) is 0 Å². The molecule has 0 amide bonds. The zero-order valence-electron chi connectivity index (χ0n) is 62.9. The van der Waals surface area contributed by atoms with Gasteiger partial charge in [0.2, 0.25) is 0 Å². The molecule has 842 valence electrons. The van der Waals surface area contributed by atoms with E-state index in [1.807, 2.05) is 0 Å². The molecule has 0 atom stereocenters. The Bertz CT molecular complexity index is 348. The Labute approximate surface area is 1160 Å². The number of hydrogen-bond acceptors (Lipinski definition) is 3. The summed E-state index contributed by atoms with van der Waals surface area (Å²) in [6.07, 6.45) is 0. The van der Waals surface area contributed by atoms with Crippen molar-refractivity contribution in [2.45, 2.75) is 0 Å². The van der Waals surface area contributed by atoms with Crippen LogP contribution in [0, 0.1) is 0 Å². The van der Waals surface area contributed by atoms with Crippen LogP contribution < -0.4 is 0 Å². The van der Waals surface area contributed by atoms with Crippen molar-refractivity contribution in [3.05, 3.63) is 0 Å². The minimum atomic E-state index is 0.194. The lowest BCUT2D eigenvalue weighted by molar-refractivity contribution is 0.399. The third kappa shape index (κ3) is 5890. The fourth-order valence-corrected chi connectivity index (χ4v) is 0. The molecule has 0 fully saturated rings. The van der Waals surface area contributed by atoms with Crippen LogP contribution >= 0.6 is 928 Å². The molecular formula is C43H92Cl80O3. The van der Waals surface area contributed by atoms with Gasteiger partial charge in [0.1, 0.15) is 0 Å². The SMILES string of the molecule is CO.CO.CO.ClCCl.ClCCl.ClCCl.ClCCl.ClCCl.ClCCl.ClCCl.ClCCl.ClCCl.ClCCl.ClCCl.ClCCl.ClCCl.ClCCl.ClCCl.ClCCl.ClCCl.ClCCl.ClCCl.ClCCl.ClCCl.ClCCl.ClCCl.ClCCl.ClCCl.ClCCl.ClCCl.ClCCl.ClCCl.ClCCl.ClCCl.ClCCl.ClCCl.ClCCl.ClCCl.ClCCl.ClCCl.ClCCl.ClCCl.ClCCl. The van der Waals surface area contributed by atoms with E-state index in [1.54, 1.807) is 0 Å². The Morgan fingerprint density at radius 3 is 0.0556 bits per heavy atom. The number of rotatable bonds is 0. The molecule has 0 aromatic heterocycles.